The molecule has 10 aromatic carbocycles. The molecule has 0 aliphatic carbocycles. The van der Waals surface area contributed by atoms with Crippen molar-refractivity contribution in [3.05, 3.63) is 217 Å². The summed E-state index contributed by atoms with van der Waals surface area (Å²) in [6, 6.07) is 71.3. The summed E-state index contributed by atoms with van der Waals surface area (Å²) in [6.07, 6.45) is 0. The third-order valence-electron chi connectivity index (χ3n) is 13.7. The largest absolute Gasteiger partial charge is 0.456 e. The van der Waals surface area contributed by atoms with Crippen molar-refractivity contribution < 1.29 is 4.42 Å². The molecule has 312 valence electrons. The number of hydrogen-bond acceptors (Lipinski definition) is 5. The Bertz CT molecular complexity index is 3830. The number of nitrogens with zero attached hydrogens (tertiary/aromatic N) is 4. The highest BCUT2D eigenvalue weighted by molar-refractivity contribution is 6.28. The molecule has 0 spiro atoms. The first-order valence-electron chi connectivity index (χ1n) is 22.6. The third-order valence-corrected chi connectivity index (χ3v) is 13.7. The Balaban J connectivity index is 1.06. The predicted octanol–water partition coefficient (Wildman–Crippen LogP) is 16.3. The summed E-state index contributed by atoms with van der Waals surface area (Å²) in [7, 11) is 0. The van der Waals surface area contributed by atoms with Crippen molar-refractivity contribution in [1.82, 2.24) is 15.0 Å². The van der Waals surface area contributed by atoms with E-state index in [1.807, 2.05) is 12.1 Å². The molecule has 0 saturated heterocycles. The smallest absolute Gasteiger partial charge is 0.238 e. The van der Waals surface area contributed by atoms with Gasteiger partial charge in [-0.2, -0.15) is 9.97 Å². The summed E-state index contributed by atoms with van der Waals surface area (Å²) >= 11 is 0. The second-order valence-electron chi connectivity index (χ2n) is 18.1. The van der Waals surface area contributed by atoms with Crippen LogP contribution in [0.1, 0.15) is 30.5 Å². The van der Waals surface area contributed by atoms with E-state index in [9.17, 15) is 0 Å². The molecule has 3 heterocycles. The number of fused-ring (bicyclic) bond motifs is 11. The molecule has 13 rings (SSSR count). The van der Waals surface area contributed by atoms with E-state index >= 15 is 0 Å². The van der Waals surface area contributed by atoms with Crippen LogP contribution in [-0.4, -0.2) is 15.0 Å². The number of aryl methyl sites for hydroxylation is 1. The summed E-state index contributed by atoms with van der Waals surface area (Å²) in [5.74, 6) is 1.71. The summed E-state index contributed by atoms with van der Waals surface area (Å²) in [4.78, 5) is 18.3. The van der Waals surface area contributed by atoms with Crippen molar-refractivity contribution in [2.45, 2.75) is 26.2 Å². The first-order valence-corrected chi connectivity index (χ1v) is 22.6. The molecule has 0 fully saturated rings. The van der Waals surface area contributed by atoms with E-state index in [4.69, 9.17) is 19.4 Å². The van der Waals surface area contributed by atoms with Crippen LogP contribution in [-0.2, 0) is 5.41 Å². The van der Waals surface area contributed by atoms with Crippen LogP contribution in [0.25, 0.3) is 99.3 Å². The van der Waals surface area contributed by atoms with Gasteiger partial charge in [-0.3, -0.25) is 4.90 Å². The highest BCUT2D eigenvalue weighted by Crippen LogP contribution is 2.53. The fourth-order valence-electron chi connectivity index (χ4n) is 10.4. The molecule has 0 bridgehead atoms. The average Bonchev–Trinajstić information content (AvgIpc) is 3.72. The molecule has 0 unspecified atom stereocenters. The lowest BCUT2D eigenvalue weighted by Crippen LogP contribution is -2.31. The number of para-hydroxylation sites is 1. The van der Waals surface area contributed by atoms with Crippen LogP contribution in [0.5, 0.6) is 0 Å². The van der Waals surface area contributed by atoms with Crippen molar-refractivity contribution in [1.29, 1.82) is 0 Å². The van der Waals surface area contributed by atoms with Crippen molar-refractivity contribution >= 4 is 71.6 Å². The number of hydrogen-bond donors (Lipinski definition) is 0. The number of benzene rings is 10. The van der Waals surface area contributed by atoms with E-state index in [0.717, 1.165) is 72.3 Å². The van der Waals surface area contributed by atoms with Crippen molar-refractivity contribution in [3.8, 4) is 45.0 Å². The maximum absolute atomic E-state index is 6.97. The third kappa shape index (κ3) is 5.97. The highest BCUT2D eigenvalue weighted by atomic mass is 16.3. The molecule has 2 aromatic heterocycles. The van der Waals surface area contributed by atoms with Crippen LogP contribution in [0.2, 0.25) is 0 Å². The molecule has 0 radical (unpaired) electrons. The molecule has 0 amide bonds. The van der Waals surface area contributed by atoms with Gasteiger partial charge in [-0.25, -0.2) is 4.98 Å². The number of aromatic nitrogens is 3. The maximum atomic E-state index is 6.97. The fourth-order valence-corrected chi connectivity index (χ4v) is 10.4. The molecule has 66 heavy (non-hydrogen) atoms. The lowest BCUT2D eigenvalue weighted by atomic mass is 9.73. The van der Waals surface area contributed by atoms with Crippen LogP contribution in [0.3, 0.4) is 0 Å². The van der Waals surface area contributed by atoms with Crippen LogP contribution in [0.15, 0.2) is 205 Å². The van der Waals surface area contributed by atoms with Crippen LogP contribution in [0.4, 0.5) is 17.3 Å². The number of anilines is 3. The molecule has 0 saturated carbocycles. The first-order chi connectivity index (χ1) is 32.4. The monoisotopic (exact) mass is 846 g/mol. The molecule has 1 aliphatic heterocycles. The van der Waals surface area contributed by atoms with Crippen molar-refractivity contribution in [2.24, 2.45) is 0 Å². The molecule has 0 atom stereocenters. The van der Waals surface area contributed by atoms with E-state index in [-0.39, 0.29) is 5.41 Å². The SMILES string of the molecule is Cc1ccc2c(c1)c1ccccc1c1cc3c(cc21)oc1cc2c(cc13)C(C)(C)c1ccccc1N2c1nc(-c2cccc(-c3ccccc3)c2)nc(-c2cccc(-c3ccccc3)c2)n1. The lowest BCUT2D eigenvalue weighted by Gasteiger charge is -2.41. The first kappa shape index (κ1) is 38.1. The Morgan fingerprint density at radius 1 is 0.364 bits per heavy atom. The quantitative estimate of drug-likeness (QED) is 0.162. The second kappa shape index (κ2) is 14.6. The Hall–Kier alpha value is -8.41. The van der Waals surface area contributed by atoms with Gasteiger partial charge in [0.15, 0.2) is 11.6 Å². The van der Waals surface area contributed by atoms with E-state index in [0.29, 0.717) is 17.6 Å². The van der Waals surface area contributed by atoms with Crippen LogP contribution >= 0.6 is 0 Å². The van der Waals surface area contributed by atoms with Crippen molar-refractivity contribution in [3.63, 3.8) is 0 Å². The normalized spacial score (nSPS) is 13.2. The summed E-state index contributed by atoms with van der Waals surface area (Å²) < 4.78 is 6.97. The van der Waals surface area contributed by atoms with Crippen LogP contribution in [0, 0.1) is 6.92 Å². The van der Waals surface area contributed by atoms with Crippen LogP contribution < -0.4 is 4.90 Å². The second-order valence-corrected chi connectivity index (χ2v) is 18.1. The molecule has 1 aliphatic rings. The Morgan fingerprint density at radius 3 is 1.55 bits per heavy atom. The summed E-state index contributed by atoms with van der Waals surface area (Å²) in [6.45, 7) is 6.81. The minimum absolute atomic E-state index is 0.370. The van der Waals surface area contributed by atoms with Gasteiger partial charge in [-0.1, -0.05) is 177 Å². The molecule has 0 N–H and O–H groups in total. The molecule has 12 aromatic rings. The molecular weight excluding hydrogens is 805 g/mol. The minimum atomic E-state index is -0.370. The zero-order valence-corrected chi connectivity index (χ0v) is 36.7. The fraction of sp³-hybridized carbons (Fsp3) is 0.0656. The van der Waals surface area contributed by atoms with Crippen molar-refractivity contribution in [2.75, 3.05) is 4.90 Å². The van der Waals surface area contributed by atoms with Gasteiger partial charge < -0.3 is 4.42 Å². The zero-order chi connectivity index (χ0) is 44.1. The standard InChI is InChI=1S/C61H42N4O/c1-37-28-29-46-47(30-37)44-24-10-11-25-45(44)48-33-50-51-34-53-55(36-57(51)66-56(50)35-49(46)48)65(54-27-13-12-26-52(54)61(53,2)3)60-63-58(42-22-14-20-40(31-42)38-16-6-4-7-17-38)62-59(64-60)43-23-15-21-41(32-43)39-18-8-5-9-19-39/h4-36H,1-3H3. The molecule has 5 heteroatoms. The summed E-state index contributed by atoms with van der Waals surface area (Å²) in [5.41, 5.74) is 13.1. The van der Waals surface area contributed by atoms with Gasteiger partial charge in [-0.15, -0.1) is 0 Å². The maximum Gasteiger partial charge on any atom is 0.238 e. The lowest BCUT2D eigenvalue weighted by molar-refractivity contribution is 0.629. The predicted molar refractivity (Wildman–Crippen MR) is 273 cm³/mol. The van der Waals surface area contributed by atoms with E-state index < -0.39 is 0 Å². The Labute approximate surface area is 382 Å². The average molecular weight is 847 g/mol. The van der Waals surface area contributed by atoms with Gasteiger partial charge in [0.25, 0.3) is 0 Å². The zero-order valence-electron chi connectivity index (χ0n) is 36.7. The Kier molecular flexibility index (Phi) is 8.40. The molecular formula is C61H42N4O. The molecule has 5 nitrogen and oxygen atoms in total. The van der Waals surface area contributed by atoms with Gasteiger partial charge in [0.05, 0.1) is 11.4 Å². The van der Waals surface area contributed by atoms with Gasteiger partial charge in [0.1, 0.15) is 11.2 Å². The van der Waals surface area contributed by atoms with E-state index in [1.165, 1.54) is 43.4 Å². The summed E-state index contributed by atoms with van der Waals surface area (Å²) in [5, 5.41) is 9.57. The van der Waals surface area contributed by atoms with Gasteiger partial charge in [-0.05, 0) is 109 Å². The topological polar surface area (TPSA) is 55.1 Å². The number of rotatable bonds is 5. The van der Waals surface area contributed by atoms with E-state index in [1.54, 1.807) is 0 Å². The van der Waals surface area contributed by atoms with Gasteiger partial charge in [0, 0.05) is 33.4 Å². The van der Waals surface area contributed by atoms with Gasteiger partial charge >= 0.3 is 0 Å². The van der Waals surface area contributed by atoms with E-state index in [2.05, 4.69) is 214 Å². The number of furan rings is 1. The Morgan fingerprint density at radius 2 is 0.879 bits per heavy atom. The highest BCUT2D eigenvalue weighted by Gasteiger charge is 2.39. The van der Waals surface area contributed by atoms with Gasteiger partial charge in [0.2, 0.25) is 5.95 Å². The minimum Gasteiger partial charge on any atom is -0.456 e.